The molecule has 0 saturated heterocycles. The van der Waals surface area contributed by atoms with Crippen molar-refractivity contribution in [3.63, 3.8) is 0 Å². The smallest absolute Gasteiger partial charge is 0.214 e. The second-order valence-electron chi connectivity index (χ2n) is 4.90. The van der Waals surface area contributed by atoms with Crippen LogP contribution in [-0.2, 0) is 10.0 Å². The Labute approximate surface area is 111 Å². The predicted molar refractivity (Wildman–Crippen MR) is 76.1 cm³/mol. The number of rotatable bonds is 11. The van der Waals surface area contributed by atoms with E-state index in [4.69, 9.17) is 0 Å². The maximum Gasteiger partial charge on any atom is 0.214 e. The number of hydrogen-bond donors (Lipinski definition) is 1. The topological polar surface area (TPSA) is 49.4 Å². The van der Waals surface area contributed by atoms with Gasteiger partial charge < -0.3 is 5.32 Å². The SMILES string of the molecule is C=CCN(CCC)S(=O)(=O)CCCCNC1CC1. The standard InChI is InChI=1S/C13H26N2O2S/c1-3-10-15(11-4-2)18(16,17)12-6-5-9-14-13-7-8-13/h3,13-14H,1,4-12H2,2H3. The number of unbranched alkanes of at least 4 members (excludes halogenated alkanes) is 1. The fourth-order valence-corrected chi connectivity index (χ4v) is 3.49. The monoisotopic (exact) mass is 274 g/mol. The Morgan fingerprint density at radius 2 is 2.11 bits per heavy atom. The van der Waals surface area contributed by atoms with Gasteiger partial charge in [-0.15, -0.1) is 6.58 Å². The zero-order chi connectivity index (χ0) is 13.4. The van der Waals surface area contributed by atoms with Crippen LogP contribution in [0.25, 0.3) is 0 Å². The number of sulfonamides is 1. The van der Waals surface area contributed by atoms with Crippen molar-refractivity contribution in [2.45, 2.75) is 45.1 Å². The third-order valence-corrected chi connectivity index (χ3v) is 4.96. The van der Waals surface area contributed by atoms with Gasteiger partial charge in [-0.25, -0.2) is 8.42 Å². The minimum absolute atomic E-state index is 0.257. The molecule has 0 aliphatic heterocycles. The molecule has 0 unspecified atom stereocenters. The van der Waals surface area contributed by atoms with Crippen molar-refractivity contribution in [3.8, 4) is 0 Å². The molecule has 0 heterocycles. The second-order valence-corrected chi connectivity index (χ2v) is 6.99. The zero-order valence-electron chi connectivity index (χ0n) is 11.4. The molecular weight excluding hydrogens is 248 g/mol. The largest absolute Gasteiger partial charge is 0.314 e. The van der Waals surface area contributed by atoms with Gasteiger partial charge in [0.05, 0.1) is 5.75 Å². The molecule has 0 amide bonds. The van der Waals surface area contributed by atoms with E-state index in [2.05, 4.69) is 11.9 Å². The van der Waals surface area contributed by atoms with Gasteiger partial charge in [0.25, 0.3) is 0 Å². The van der Waals surface area contributed by atoms with Crippen LogP contribution in [0.2, 0.25) is 0 Å². The first-order chi connectivity index (χ1) is 8.60. The Balaban J connectivity index is 2.23. The molecule has 1 saturated carbocycles. The van der Waals surface area contributed by atoms with Gasteiger partial charge in [0.1, 0.15) is 0 Å². The lowest BCUT2D eigenvalue weighted by molar-refractivity contribution is 0.439. The minimum atomic E-state index is -3.10. The van der Waals surface area contributed by atoms with E-state index in [0.717, 1.165) is 25.8 Å². The van der Waals surface area contributed by atoms with Gasteiger partial charge in [0.15, 0.2) is 0 Å². The van der Waals surface area contributed by atoms with Gasteiger partial charge >= 0.3 is 0 Å². The molecule has 1 N–H and O–H groups in total. The van der Waals surface area contributed by atoms with Crippen molar-refractivity contribution < 1.29 is 8.42 Å². The van der Waals surface area contributed by atoms with Gasteiger partial charge in [-0.1, -0.05) is 13.0 Å². The highest BCUT2D eigenvalue weighted by molar-refractivity contribution is 7.89. The molecule has 0 aromatic heterocycles. The van der Waals surface area contributed by atoms with E-state index in [9.17, 15) is 8.42 Å². The second kappa shape index (κ2) is 7.92. The first-order valence-corrected chi connectivity index (χ1v) is 8.53. The third kappa shape index (κ3) is 5.98. The summed E-state index contributed by atoms with van der Waals surface area (Å²) in [5.41, 5.74) is 0. The number of nitrogens with zero attached hydrogens (tertiary/aromatic N) is 1. The van der Waals surface area contributed by atoms with Crippen molar-refractivity contribution in [2.24, 2.45) is 0 Å². The van der Waals surface area contributed by atoms with Crippen LogP contribution in [0, 0.1) is 0 Å². The molecule has 0 aromatic carbocycles. The Morgan fingerprint density at radius 3 is 2.67 bits per heavy atom. The van der Waals surface area contributed by atoms with E-state index < -0.39 is 10.0 Å². The van der Waals surface area contributed by atoms with Crippen molar-refractivity contribution in [2.75, 3.05) is 25.4 Å². The van der Waals surface area contributed by atoms with Gasteiger partial charge in [0, 0.05) is 19.1 Å². The van der Waals surface area contributed by atoms with E-state index in [1.807, 2.05) is 6.92 Å². The Kier molecular flexibility index (Phi) is 6.89. The van der Waals surface area contributed by atoms with Crippen LogP contribution in [-0.4, -0.2) is 44.2 Å². The fraction of sp³-hybridized carbons (Fsp3) is 0.846. The molecule has 18 heavy (non-hydrogen) atoms. The molecule has 1 aliphatic carbocycles. The fourth-order valence-electron chi connectivity index (χ4n) is 1.87. The van der Waals surface area contributed by atoms with Crippen molar-refractivity contribution >= 4 is 10.0 Å². The van der Waals surface area contributed by atoms with Crippen LogP contribution in [0.4, 0.5) is 0 Å². The first-order valence-electron chi connectivity index (χ1n) is 6.92. The summed E-state index contributed by atoms with van der Waals surface area (Å²) in [4.78, 5) is 0. The van der Waals surface area contributed by atoms with Crippen LogP contribution >= 0.6 is 0 Å². The number of nitrogens with one attached hydrogen (secondary N) is 1. The van der Waals surface area contributed by atoms with E-state index in [-0.39, 0.29) is 5.75 Å². The molecule has 5 heteroatoms. The Hall–Kier alpha value is -0.390. The quantitative estimate of drug-likeness (QED) is 0.461. The van der Waals surface area contributed by atoms with Crippen LogP contribution in [0.3, 0.4) is 0 Å². The van der Waals surface area contributed by atoms with Crippen LogP contribution in [0.15, 0.2) is 12.7 Å². The summed E-state index contributed by atoms with van der Waals surface area (Å²) < 4.78 is 25.7. The third-order valence-electron chi connectivity index (χ3n) is 3.04. The van der Waals surface area contributed by atoms with Crippen molar-refractivity contribution in [3.05, 3.63) is 12.7 Å². The molecule has 1 rings (SSSR count). The van der Waals surface area contributed by atoms with Crippen LogP contribution < -0.4 is 5.32 Å². The lowest BCUT2D eigenvalue weighted by Crippen LogP contribution is -2.34. The molecule has 1 fully saturated rings. The van der Waals surface area contributed by atoms with E-state index in [1.165, 1.54) is 17.1 Å². The van der Waals surface area contributed by atoms with Crippen LogP contribution in [0.5, 0.6) is 0 Å². The summed E-state index contributed by atoms with van der Waals surface area (Å²) in [6, 6.07) is 0.707. The molecule has 0 radical (unpaired) electrons. The first kappa shape index (κ1) is 15.7. The molecule has 106 valence electrons. The van der Waals surface area contributed by atoms with Gasteiger partial charge in [-0.3, -0.25) is 0 Å². The molecule has 4 nitrogen and oxygen atoms in total. The lowest BCUT2D eigenvalue weighted by atomic mass is 10.3. The van der Waals surface area contributed by atoms with Crippen molar-refractivity contribution in [1.82, 2.24) is 9.62 Å². The summed E-state index contributed by atoms with van der Waals surface area (Å²) in [5, 5.41) is 3.40. The highest BCUT2D eigenvalue weighted by Crippen LogP contribution is 2.18. The average Bonchev–Trinajstić information content (AvgIpc) is 3.12. The molecular formula is C13H26N2O2S. The minimum Gasteiger partial charge on any atom is -0.314 e. The summed E-state index contributed by atoms with van der Waals surface area (Å²) >= 11 is 0. The van der Waals surface area contributed by atoms with E-state index in [0.29, 0.717) is 19.1 Å². The number of hydrogen-bond acceptors (Lipinski definition) is 3. The molecule has 0 spiro atoms. The Morgan fingerprint density at radius 1 is 1.39 bits per heavy atom. The van der Waals surface area contributed by atoms with E-state index >= 15 is 0 Å². The van der Waals surface area contributed by atoms with Crippen molar-refractivity contribution in [1.29, 1.82) is 0 Å². The highest BCUT2D eigenvalue weighted by Gasteiger charge is 2.21. The van der Waals surface area contributed by atoms with E-state index in [1.54, 1.807) is 6.08 Å². The summed E-state index contributed by atoms with van der Waals surface area (Å²) in [6.45, 7) is 7.57. The Bertz CT molecular complexity index is 337. The molecule has 0 bridgehead atoms. The average molecular weight is 274 g/mol. The molecule has 1 aliphatic rings. The lowest BCUT2D eigenvalue weighted by Gasteiger charge is -2.19. The summed E-state index contributed by atoms with van der Waals surface area (Å²) in [6.07, 6.45) is 6.73. The van der Waals surface area contributed by atoms with Gasteiger partial charge in [-0.2, -0.15) is 4.31 Å². The maximum absolute atomic E-state index is 12.1. The maximum atomic E-state index is 12.1. The van der Waals surface area contributed by atoms with Gasteiger partial charge in [-0.05, 0) is 38.6 Å². The van der Waals surface area contributed by atoms with Crippen LogP contribution in [0.1, 0.15) is 39.0 Å². The highest BCUT2D eigenvalue weighted by atomic mass is 32.2. The predicted octanol–water partition coefficient (Wildman–Crippen LogP) is 1.75. The molecule has 0 aromatic rings. The molecule has 0 atom stereocenters. The van der Waals surface area contributed by atoms with Gasteiger partial charge in [0.2, 0.25) is 10.0 Å². The summed E-state index contributed by atoms with van der Waals surface area (Å²) in [7, 11) is -3.10. The zero-order valence-corrected chi connectivity index (χ0v) is 12.2. The summed E-state index contributed by atoms with van der Waals surface area (Å²) in [5.74, 6) is 0.257. The normalized spacial score (nSPS) is 16.1.